The standard InChI is InChI=1S/C31H37FN4O4/c1-5-21(37)9-7-6-8-10-27(31-33-18-28(36-31)20-11-14-29(40-4)25(32)15-20)35-30(38)17-23-19(2)34-26-13-12-22(39-3)16-24(23)26/h11-16,18,27,34H,5-10,17H2,1-4H3,(H,33,36)(H,35,38). The van der Waals surface area contributed by atoms with Gasteiger partial charge in [-0.2, -0.15) is 0 Å². The maximum atomic E-state index is 14.3. The SMILES string of the molecule is CCC(=O)CCCCCC(NC(=O)Cc1c(C)[nH]c2ccc(OC)cc12)c1ncc(-c2ccc(OC)c(F)c2)[nH]1. The molecule has 3 N–H and O–H groups in total. The summed E-state index contributed by atoms with van der Waals surface area (Å²) in [5, 5.41) is 4.11. The predicted octanol–water partition coefficient (Wildman–Crippen LogP) is 6.35. The van der Waals surface area contributed by atoms with Crippen LogP contribution in [0.1, 0.15) is 68.6 Å². The number of ketones is 1. The summed E-state index contributed by atoms with van der Waals surface area (Å²) in [6.45, 7) is 3.83. The number of aromatic nitrogens is 3. The number of nitrogens with one attached hydrogen (secondary N) is 3. The van der Waals surface area contributed by atoms with Gasteiger partial charge in [0.2, 0.25) is 5.91 Å². The van der Waals surface area contributed by atoms with E-state index < -0.39 is 5.82 Å². The van der Waals surface area contributed by atoms with E-state index in [0.717, 1.165) is 47.2 Å². The first-order valence-corrected chi connectivity index (χ1v) is 13.7. The molecule has 212 valence electrons. The fourth-order valence-corrected chi connectivity index (χ4v) is 4.92. The number of H-pyrrole nitrogens is 2. The van der Waals surface area contributed by atoms with Gasteiger partial charge in [0.25, 0.3) is 0 Å². The highest BCUT2D eigenvalue weighted by molar-refractivity contribution is 5.91. The number of fused-ring (bicyclic) bond motifs is 1. The second-order valence-corrected chi connectivity index (χ2v) is 9.96. The average molecular weight is 549 g/mol. The molecule has 2 aromatic carbocycles. The van der Waals surface area contributed by atoms with E-state index in [-0.39, 0.29) is 29.9 Å². The zero-order valence-electron chi connectivity index (χ0n) is 23.5. The van der Waals surface area contributed by atoms with E-state index in [0.29, 0.717) is 36.3 Å². The summed E-state index contributed by atoms with van der Waals surface area (Å²) in [5.41, 5.74) is 4.06. The summed E-state index contributed by atoms with van der Waals surface area (Å²) in [6, 6.07) is 10.1. The third-order valence-electron chi connectivity index (χ3n) is 7.23. The highest BCUT2D eigenvalue weighted by Crippen LogP contribution is 2.29. The highest BCUT2D eigenvalue weighted by atomic mass is 19.1. The number of carbonyl (C=O) groups is 2. The van der Waals surface area contributed by atoms with Gasteiger partial charge in [-0.25, -0.2) is 9.37 Å². The summed E-state index contributed by atoms with van der Waals surface area (Å²) in [6.07, 6.45) is 6.12. The van der Waals surface area contributed by atoms with Crippen molar-refractivity contribution in [3.8, 4) is 22.8 Å². The first-order valence-electron chi connectivity index (χ1n) is 13.7. The molecule has 1 amide bonds. The van der Waals surface area contributed by atoms with Gasteiger partial charge in [-0.05, 0) is 61.7 Å². The molecule has 0 fully saturated rings. The van der Waals surface area contributed by atoms with Crippen LogP contribution >= 0.6 is 0 Å². The quantitative estimate of drug-likeness (QED) is 0.159. The Bertz CT molecular complexity index is 1480. The van der Waals surface area contributed by atoms with Gasteiger partial charge in [0.15, 0.2) is 11.6 Å². The number of imidazole rings is 1. The van der Waals surface area contributed by atoms with Crippen LogP contribution in [0.2, 0.25) is 0 Å². The molecule has 1 atom stereocenters. The van der Waals surface area contributed by atoms with Gasteiger partial charge in [0.05, 0.1) is 38.6 Å². The zero-order valence-corrected chi connectivity index (χ0v) is 23.5. The number of methoxy groups -OCH3 is 2. The molecule has 0 saturated heterocycles. The van der Waals surface area contributed by atoms with Crippen LogP contribution in [-0.2, 0) is 16.0 Å². The van der Waals surface area contributed by atoms with Gasteiger partial charge in [-0.1, -0.05) is 19.8 Å². The first-order chi connectivity index (χ1) is 19.3. The number of rotatable bonds is 14. The minimum atomic E-state index is -0.464. The van der Waals surface area contributed by atoms with Crippen molar-refractivity contribution in [1.29, 1.82) is 0 Å². The zero-order chi connectivity index (χ0) is 28.6. The molecule has 0 radical (unpaired) electrons. The number of Topliss-reactive ketones (excluding diaryl/α,β-unsaturated/α-hetero) is 1. The Labute approximate surface area is 233 Å². The van der Waals surface area contributed by atoms with Gasteiger partial charge in [-0.15, -0.1) is 0 Å². The third kappa shape index (κ3) is 6.89. The van der Waals surface area contributed by atoms with Crippen molar-refractivity contribution in [3.63, 3.8) is 0 Å². The van der Waals surface area contributed by atoms with Crippen molar-refractivity contribution in [1.82, 2.24) is 20.3 Å². The molecule has 9 heteroatoms. The van der Waals surface area contributed by atoms with E-state index in [2.05, 4.69) is 20.3 Å². The number of aromatic amines is 2. The Morgan fingerprint density at radius 1 is 1.05 bits per heavy atom. The number of unbranched alkanes of at least 4 members (excludes halogenated alkanes) is 2. The number of ether oxygens (including phenoxy) is 2. The van der Waals surface area contributed by atoms with Crippen molar-refractivity contribution >= 4 is 22.6 Å². The Kier molecular flexibility index (Phi) is 9.58. The van der Waals surface area contributed by atoms with E-state index in [9.17, 15) is 14.0 Å². The minimum Gasteiger partial charge on any atom is -0.497 e. The molecule has 0 aliphatic rings. The number of nitrogens with zero attached hydrogens (tertiary/aromatic N) is 1. The maximum absolute atomic E-state index is 14.3. The van der Waals surface area contributed by atoms with Crippen LogP contribution in [0, 0.1) is 12.7 Å². The van der Waals surface area contributed by atoms with Crippen LogP contribution in [0.3, 0.4) is 0 Å². The van der Waals surface area contributed by atoms with Gasteiger partial charge >= 0.3 is 0 Å². The fraction of sp³-hybridized carbons (Fsp3) is 0.387. The van der Waals surface area contributed by atoms with E-state index in [1.165, 1.54) is 13.2 Å². The lowest BCUT2D eigenvalue weighted by Gasteiger charge is -2.17. The van der Waals surface area contributed by atoms with E-state index in [1.807, 2.05) is 32.0 Å². The number of halogens is 1. The first kappa shape index (κ1) is 28.9. The molecule has 2 heterocycles. The Balaban J connectivity index is 1.51. The van der Waals surface area contributed by atoms with E-state index in [1.54, 1.807) is 25.4 Å². The lowest BCUT2D eigenvalue weighted by molar-refractivity contribution is -0.121. The second kappa shape index (κ2) is 13.3. The topological polar surface area (TPSA) is 109 Å². The number of aryl methyl sites for hydroxylation is 1. The maximum Gasteiger partial charge on any atom is 0.225 e. The summed E-state index contributed by atoms with van der Waals surface area (Å²) in [5.74, 6) is 1.16. The van der Waals surface area contributed by atoms with Crippen LogP contribution in [-0.4, -0.2) is 40.9 Å². The van der Waals surface area contributed by atoms with Crippen molar-refractivity contribution in [2.24, 2.45) is 0 Å². The molecular formula is C31H37FN4O4. The average Bonchev–Trinajstić information content (AvgIpc) is 3.56. The molecule has 40 heavy (non-hydrogen) atoms. The van der Waals surface area contributed by atoms with Gasteiger partial charge in [-0.3, -0.25) is 9.59 Å². The Morgan fingerprint density at radius 3 is 2.60 bits per heavy atom. The van der Waals surface area contributed by atoms with Gasteiger partial charge in [0.1, 0.15) is 17.4 Å². The molecule has 2 aromatic heterocycles. The molecule has 4 rings (SSSR count). The predicted molar refractivity (Wildman–Crippen MR) is 153 cm³/mol. The monoisotopic (exact) mass is 548 g/mol. The normalized spacial score (nSPS) is 11.9. The molecule has 0 bridgehead atoms. The smallest absolute Gasteiger partial charge is 0.225 e. The lowest BCUT2D eigenvalue weighted by atomic mass is 10.0. The van der Waals surface area contributed by atoms with Crippen molar-refractivity contribution in [2.75, 3.05) is 14.2 Å². The van der Waals surface area contributed by atoms with E-state index in [4.69, 9.17) is 9.47 Å². The van der Waals surface area contributed by atoms with Crippen LogP contribution in [0.15, 0.2) is 42.6 Å². The number of benzene rings is 2. The lowest BCUT2D eigenvalue weighted by Crippen LogP contribution is -2.30. The van der Waals surface area contributed by atoms with Crippen LogP contribution < -0.4 is 14.8 Å². The molecule has 0 aliphatic carbocycles. The second-order valence-electron chi connectivity index (χ2n) is 9.96. The molecule has 0 aliphatic heterocycles. The van der Waals surface area contributed by atoms with Crippen molar-refractivity contribution < 1.29 is 23.5 Å². The van der Waals surface area contributed by atoms with Crippen molar-refractivity contribution in [2.45, 2.75) is 64.8 Å². The van der Waals surface area contributed by atoms with Gasteiger partial charge in [0, 0.05) is 35.0 Å². The summed E-state index contributed by atoms with van der Waals surface area (Å²) >= 11 is 0. The van der Waals surface area contributed by atoms with Crippen molar-refractivity contribution in [3.05, 3.63) is 65.5 Å². The van der Waals surface area contributed by atoms with Crippen LogP contribution in [0.25, 0.3) is 22.2 Å². The molecule has 1 unspecified atom stereocenters. The molecule has 0 spiro atoms. The fourth-order valence-electron chi connectivity index (χ4n) is 4.92. The molecule has 4 aromatic rings. The minimum absolute atomic E-state index is 0.133. The Hall–Kier alpha value is -4.14. The molecular weight excluding hydrogens is 511 g/mol. The largest absolute Gasteiger partial charge is 0.497 e. The number of hydrogen-bond acceptors (Lipinski definition) is 5. The third-order valence-corrected chi connectivity index (χ3v) is 7.23. The van der Waals surface area contributed by atoms with Crippen LogP contribution in [0.4, 0.5) is 4.39 Å². The number of carbonyl (C=O) groups excluding carboxylic acids is 2. The molecule has 8 nitrogen and oxygen atoms in total. The Morgan fingerprint density at radius 2 is 1.88 bits per heavy atom. The summed E-state index contributed by atoms with van der Waals surface area (Å²) < 4.78 is 24.7. The van der Waals surface area contributed by atoms with E-state index >= 15 is 0 Å². The van der Waals surface area contributed by atoms with Gasteiger partial charge < -0.3 is 24.8 Å². The summed E-state index contributed by atoms with van der Waals surface area (Å²) in [4.78, 5) is 36.2. The highest BCUT2D eigenvalue weighted by Gasteiger charge is 2.21. The molecule has 0 saturated carbocycles. The number of hydrogen-bond donors (Lipinski definition) is 3. The number of amides is 1. The summed E-state index contributed by atoms with van der Waals surface area (Å²) in [7, 11) is 3.04. The van der Waals surface area contributed by atoms with Crippen LogP contribution in [0.5, 0.6) is 11.5 Å².